The molecule has 0 heteroatoms. The van der Waals surface area contributed by atoms with Crippen LogP contribution in [0.5, 0.6) is 0 Å². The zero-order valence-electron chi connectivity index (χ0n) is 13.6. The predicted molar refractivity (Wildman–Crippen MR) is 95.4 cm³/mol. The molecule has 0 aliphatic heterocycles. The summed E-state index contributed by atoms with van der Waals surface area (Å²) in [6, 6.07) is 15.3. The van der Waals surface area contributed by atoms with E-state index in [0.29, 0.717) is 0 Å². The highest BCUT2D eigenvalue weighted by Gasteiger charge is 2.34. The fourth-order valence-electron chi connectivity index (χ4n) is 2.72. The summed E-state index contributed by atoms with van der Waals surface area (Å²) in [6.07, 6.45) is 8.45. The van der Waals surface area contributed by atoms with Gasteiger partial charge in [0.15, 0.2) is 0 Å². The van der Waals surface area contributed by atoms with Crippen LogP contribution >= 0.6 is 0 Å². The second-order valence-electron chi connectivity index (χ2n) is 5.11. The maximum absolute atomic E-state index is 2.44. The Morgan fingerprint density at radius 2 is 1.52 bits per heavy atom. The van der Waals surface area contributed by atoms with E-state index >= 15 is 0 Å². The van der Waals surface area contributed by atoms with Crippen LogP contribution in [-0.2, 0) is 0 Å². The molecule has 0 spiro atoms. The number of fused-ring (bicyclic) bond motifs is 2. The summed E-state index contributed by atoms with van der Waals surface area (Å²) in [5.74, 6) is 1.67. The van der Waals surface area contributed by atoms with Crippen molar-refractivity contribution >= 4 is 16.3 Å². The first-order valence-electron chi connectivity index (χ1n) is 8.29. The molecule has 21 heavy (non-hydrogen) atoms. The second kappa shape index (κ2) is 7.26. The average molecular weight is 278 g/mol. The van der Waals surface area contributed by atoms with Gasteiger partial charge in [-0.05, 0) is 46.2 Å². The first-order chi connectivity index (χ1) is 10.4. The Kier molecular flexibility index (Phi) is 5.38. The predicted octanol–water partition coefficient (Wildman–Crippen LogP) is 6.48. The third-order valence-electron chi connectivity index (χ3n) is 3.89. The highest BCUT2D eigenvalue weighted by atomic mass is 14.4. The molecular weight excluding hydrogens is 252 g/mol. The van der Waals surface area contributed by atoms with Crippen molar-refractivity contribution in [1.82, 2.24) is 0 Å². The number of rotatable bonds is 1. The van der Waals surface area contributed by atoms with Crippen molar-refractivity contribution in [3.63, 3.8) is 0 Å². The number of benzene rings is 2. The van der Waals surface area contributed by atoms with Crippen molar-refractivity contribution < 1.29 is 0 Å². The van der Waals surface area contributed by atoms with Crippen LogP contribution in [0.1, 0.15) is 39.7 Å². The van der Waals surface area contributed by atoms with E-state index in [0.717, 1.165) is 11.8 Å². The Morgan fingerprint density at radius 3 is 2.24 bits per heavy atom. The van der Waals surface area contributed by atoms with Crippen LogP contribution in [0.4, 0.5) is 0 Å². The molecule has 2 aliphatic carbocycles. The topological polar surface area (TPSA) is 0 Å². The van der Waals surface area contributed by atoms with Gasteiger partial charge in [0.05, 0.1) is 0 Å². The van der Waals surface area contributed by atoms with E-state index in [1.54, 1.807) is 0 Å². The molecule has 1 fully saturated rings. The maximum atomic E-state index is 2.44. The summed E-state index contributed by atoms with van der Waals surface area (Å²) in [5.41, 5.74) is 2.75. The van der Waals surface area contributed by atoms with Gasteiger partial charge in [-0.2, -0.15) is 0 Å². The Bertz CT molecular complexity index is 646. The normalized spacial score (nSPS) is 21.2. The Morgan fingerprint density at radius 1 is 0.810 bits per heavy atom. The zero-order valence-corrected chi connectivity index (χ0v) is 13.6. The lowest BCUT2D eigenvalue weighted by Crippen LogP contribution is -1.88. The molecule has 2 aliphatic rings. The van der Waals surface area contributed by atoms with E-state index in [2.05, 4.69) is 60.7 Å². The van der Waals surface area contributed by atoms with Crippen molar-refractivity contribution in [1.29, 1.82) is 0 Å². The molecule has 0 heterocycles. The van der Waals surface area contributed by atoms with Gasteiger partial charge in [0.25, 0.3) is 0 Å². The number of allylic oxidation sites excluding steroid dienone is 4. The lowest BCUT2D eigenvalue weighted by molar-refractivity contribution is 0.985. The van der Waals surface area contributed by atoms with Gasteiger partial charge in [-0.25, -0.2) is 0 Å². The smallest absolute Gasteiger partial charge is 0.0155 e. The third-order valence-corrected chi connectivity index (χ3v) is 3.89. The summed E-state index contributed by atoms with van der Waals surface area (Å²) >= 11 is 0. The molecule has 0 nitrogen and oxygen atoms in total. The molecule has 2 aromatic carbocycles. The monoisotopic (exact) mass is 278 g/mol. The molecule has 2 aromatic rings. The van der Waals surface area contributed by atoms with E-state index in [1.165, 1.54) is 28.3 Å². The van der Waals surface area contributed by atoms with Crippen LogP contribution in [-0.4, -0.2) is 0 Å². The maximum Gasteiger partial charge on any atom is -0.0155 e. The van der Waals surface area contributed by atoms with Gasteiger partial charge in [-0.15, -0.1) is 0 Å². The van der Waals surface area contributed by atoms with Gasteiger partial charge in [0.2, 0.25) is 0 Å². The Labute approximate surface area is 129 Å². The van der Waals surface area contributed by atoms with Crippen LogP contribution in [0.25, 0.3) is 16.3 Å². The molecule has 0 bridgehead atoms. The van der Waals surface area contributed by atoms with Crippen LogP contribution < -0.4 is 0 Å². The lowest BCUT2D eigenvalue weighted by Gasteiger charge is -2.08. The molecular formula is C21H26. The van der Waals surface area contributed by atoms with Gasteiger partial charge < -0.3 is 0 Å². The summed E-state index contributed by atoms with van der Waals surface area (Å²) in [4.78, 5) is 0. The minimum Gasteiger partial charge on any atom is -0.0802 e. The minimum atomic E-state index is 0.821. The van der Waals surface area contributed by atoms with Crippen molar-refractivity contribution in [2.75, 3.05) is 0 Å². The van der Waals surface area contributed by atoms with Gasteiger partial charge in [-0.3, -0.25) is 0 Å². The molecule has 0 aromatic heterocycles. The minimum absolute atomic E-state index is 0.821. The van der Waals surface area contributed by atoms with Gasteiger partial charge in [0.1, 0.15) is 0 Å². The van der Waals surface area contributed by atoms with Crippen molar-refractivity contribution in [2.24, 2.45) is 11.8 Å². The fourth-order valence-corrected chi connectivity index (χ4v) is 2.72. The Balaban J connectivity index is 0.000000374. The number of hydrogen-bond donors (Lipinski definition) is 0. The first kappa shape index (κ1) is 15.6. The molecule has 110 valence electrons. The van der Waals surface area contributed by atoms with E-state index in [4.69, 9.17) is 0 Å². The molecule has 2 atom stereocenters. The van der Waals surface area contributed by atoms with Gasteiger partial charge in [0, 0.05) is 0 Å². The summed E-state index contributed by atoms with van der Waals surface area (Å²) in [7, 11) is 0. The van der Waals surface area contributed by atoms with E-state index in [-0.39, 0.29) is 0 Å². The average Bonchev–Trinajstić information content (AvgIpc) is 3.37. The molecule has 0 amide bonds. The van der Waals surface area contributed by atoms with Crippen LogP contribution in [0.15, 0.2) is 60.7 Å². The molecule has 0 radical (unpaired) electrons. The van der Waals surface area contributed by atoms with Crippen LogP contribution in [0, 0.1) is 11.8 Å². The first-order valence-corrected chi connectivity index (χ1v) is 8.29. The quantitative estimate of drug-likeness (QED) is 0.560. The van der Waals surface area contributed by atoms with Crippen LogP contribution in [0.2, 0.25) is 0 Å². The largest absolute Gasteiger partial charge is 0.0802 e. The van der Waals surface area contributed by atoms with Crippen molar-refractivity contribution in [2.45, 2.75) is 34.1 Å². The van der Waals surface area contributed by atoms with E-state index in [1.807, 2.05) is 27.7 Å². The highest BCUT2D eigenvalue weighted by Crippen LogP contribution is 2.46. The van der Waals surface area contributed by atoms with Gasteiger partial charge >= 0.3 is 0 Å². The molecule has 0 N–H and O–H groups in total. The summed E-state index contributed by atoms with van der Waals surface area (Å²) in [5, 5.41) is 2.65. The summed E-state index contributed by atoms with van der Waals surface area (Å²) < 4.78 is 0. The fraction of sp³-hybridized carbons (Fsp3) is 0.333. The molecule has 1 saturated carbocycles. The van der Waals surface area contributed by atoms with Crippen molar-refractivity contribution in [3.05, 3.63) is 66.3 Å². The highest BCUT2D eigenvalue weighted by molar-refractivity contribution is 5.88. The van der Waals surface area contributed by atoms with Crippen molar-refractivity contribution in [3.8, 4) is 0 Å². The second-order valence-corrected chi connectivity index (χ2v) is 5.11. The SMILES string of the molecule is C1=CC2CC2C=C1c1ccc2ccccc2c1.CC.CC. The van der Waals surface area contributed by atoms with Crippen LogP contribution in [0.3, 0.4) is 0 Å². The molecule has 0 saturated heterocycles. The zero-order chi connectivity index (χ0) is 15.2. The van der Waals surface area contributed by atoms with E-state index < -0.39 is 0 Å². The van der Waals surface area contributed by atoms with E-state index in [9.17, 15) is 0 Å². The summed E-state index contributed by atoms with van der Waals surface area (Å²) in [6.45, 7) is 8.00. The Hall–Kier alpha value is -1.82. The third kappa shape index (κ3) is 3.44. The molecule has 2 unspecified atom stereocenters. The van der Waals surface area contributed by atoms with Gasteiger partial charge in [-0.1, -0.05) is 82.3 Å². The number of hydrogen-bond acceptors (Lipinski definition) is 0. The molecule has 4 rings (SSSR count). The lowest BCUT2D eigenvalue weighted by atomic mass is 9.97. The standard InChI is InChI=1S/C17H14.2C2H6/c1-2-4-13-9-14(6-5-12(13)3-1)15-7-8-16-11-17(16)10-15;2*1-2/h1-10,16-17H,11H2;2*1-2H3.